The molecule has 8 nitrogen and oxygen atoms in total. The predicted octanol–water partition coefficient (Wildman–Crippen LogP) is 4.83. The van der Waals surface area contributed by atoms with Gasteiger partial charge in [0.1, 0.15) is 10.8 Å². The molecule has 1 aliphatic heterocycles. The van der Waals surface area contributed by atoms with Crippen LogP contribution in [0.1, 0.15) is 69.8 Å². The van der Waals surface area contributed by atoms with Gasteiger partial charge in [0.2, 0.25) is 0 Å². The lowest BCUT2D eigenvalue weighted by Gasteiger charge is -2.43. The molecule has 1 aromatic rings. The van der Waals surface area contributed by atoms with Crippen LogP contribution in [-0.4, -0.2) is 66.5 Å². The van der Waals surface area contributed by atoms with Crippen LogP contribution in [0.5, 0.6) is 0 Å². The van der Waals surface area contributed by atoms with Gasteiger partial charge in [0.25, 0.3) is 0 Å². The molecule has 38 heavy (non-hydrogen) atoms. The minimum atomic E-state index is -1.77. The number of nitrogens with zero attached hydrogens (tertiary/aromatic N) is 1. The zero-order valence-electron chi connectivity index (χ0n) is 22.1. The highest BCUT2D eigenvalue weighted by Gasteiger charge is 2.43. The molecule has 1 unspecified atom stereocenters. The molecule has 1 aliphatic carbocycles. The number of rotatable bonds is 11. The van der Waals surface area contributed by atoms with Gasteiger partial charge in [0.05, 0.1) is 5.60 Å². The van der Waals surface area contributed by atoms with Crippen LogP contribution in [-0.2, 0) is 5.60 Å². The number of halogens is 3. The zero-order valence-corrected chi connectivity index (χ0v) is 22.8. The Labute approximate surface area is 228 Å². The van der Waals surface area contributed by atoms with Gasteiger partial charge in [-0.05, 0) is 51.1 Å². The van der Waals surface area contributed by atoms with E-state index in [4.69, 9.17) is 16.7 Å². The first-order chi connectivity index (χ1) is 18.2. The zero-order chi connectivity index (χ0) is 27.7. The largest absolute Gasteiger partial charge is 0.465 e. The number of piperidine rings is 1. The van der Waals surface area contributed by atoms with Crippen molar-refractivity contribution in [3.63, 3.8) is 0 Å². The number of carbonyl (C=O) groups excluding carboxylic acids is 1. The Bertz CT molecular complexity index is 950. The average molecular weight is 559 g/mol. The van der Waals surface area contributed by atoms with Gasteiger partial charge in [-0.25, -0.2) is 18.4 Å². The van der Waals surface area contributed by atoms with Crippen LogP contribution in [0.15, 0.2) is 12.1 Å². The minimum absolute atomic E-state index is 0.0103. The number of carboxylic acid groups (broad SMARTS) is 1. The minimum Gasteiger partial charge on any atom is -0.465 e. The maximum absolute atomic E-state index is 15.1. The number of hydrogen-bond acceptors (Lipinski definition) is 4. The third kappa shape index (κ3) is 7.93. The monoisotopic (exact) mass is 558 g/mol. The number of benzene rings is 1. The number of nitrogens with one attached hydrogen (secondary N) is 3. The van der Waals surface area contributed by atoms with Crippen molar-refractivity contribution in [2.75, 3.05) is 33.2 Å². The highest BCUT2D eigenvalue weighted by atomic mass is 35.5. The standard InChI is InChI=1S/C27H41ClF2N4O4/c1-31-16-20(15-18-7-3-2-4-8-18)33-25(35)34-14-5-9-19(17-34)27(38,12-6-13-32-26(36)37)21-10-11-22(29)23(28)24(21)30/h10-11,18-20,31-32,38H,2-9,12-17H2,1H3,(H,33,35)(H,36,37)/t19-,20+,27?/m1/s1. The Morgan fingerprint density at radius 1 is 1.18 bits per heavy atom. The first-order valence-corrected chi connectivity index (χ1v) is 14.1. The first kappa shape index (κ1) is 30.4. The lowest BCUT2D eigenvalue weighted by atomic mass is 9.74. The first-order valence-electron chi connectivity index (χ1n) is 13.7. The van der Waals surface area contributed by atoms with Crippen LogP contribution in [0.25, 0.3) is 0 Å². The molecule has 0 spiro atoms. The normalized spacial score (nSPS) is 21.0. The summed E-state index contributed by atoms with van der Waals surface area (Å²) in [4.78, 5) is 25.8. The number of hydrogen-bond donors (Lipinski definition) is 5. The number of urea groups is 1. The molecule has 0 aromatic heterocycles. The molecule has 2 fully saturated rings. The van der Waals surface area contributed by atoms with Crippen LogP contribution < -0.4 is 16.0 Å². The fourth-order valence-corrected chi connectivity index (χ4v) is 6.22. The maximum Gasteiger partial charge on any atom is 0.404 e. The summed E-state index contributed by atoms with van der Waals surface area (Å²) < 4.78 is 29.1. The second-order valence-corrected chi connectivity index (χ2v) is 11.1. The summed E-state index contributed by atoms with van der Waals surface area (Å²) >= 11 is 5.85. The highest BCUT2D eigenvalue weighted by Crippen LogP contribution is 2.42. The number of likely N-dealkylation sites (tertiary alicyclic amines) is 1. The van der Waals surface area contributed by atoms with Crippen molar-refractivity contribution >= 4 is 23.7 Å². The molecule has 3 atom stereocenters. The Kier molecular flexibility index (Phi) is 11.4. The Balaban J connectivity index is 1.75. The summed E-state index contributed by atoms with van der Waals surface area (Å²) in [5.74, 6) is -1.93. The van der Waals surface area contributed by atoms with E-state index in [0.717, 1.165) is 12.5 Å². The molecule has 11 heteroatoms. The molecule has 1 saturated heterocycles. The number of aliphatic hydroxyl groups is 1. The summed E-state index contributed by atoms with van der Waals surface area (Å²) in [7, 11) is 1.86. The predicted molar refractivity (Wildman–Crippen MR) is 142 cm³/mol. The van der Waals surface area contributed by atoms with Crippen LogP contribution >= 0.6 is 11.6 Å². The quantitative estimate of drug-likeness (QED) is 0.197. The second-order valence-electron chi connectivity index (χ2n) is 10.7. The fraction of sp³-hybridized carbons (Fsp3) is 0.704. The number of carbonyl (C=O) groups is 2. The maximum atomic E-state index is 15.1. The average Bonchev–Trinajstić information content (AvgIpc) is 2.90. The summed E-state index contributed by atoms with van der Waals surface area (Å²) in [6.07, 6.45) is 7.12. The summed E-state index contributed by atoms with van der Waals surface area (Å²) in [5, 5.41) is 28.6. The van der Waals surface area contributed by atoms with Crippen molar-refractivity contribution in [2.24, 2.45) is 11.8 Å². The van der Waals surface area contributed by atoms with Gasteiger partial charge in [0.15, 0.2) is 5.82 Å². The van der Waals surface area contributed by atoms with E-state index in [1.165, 1.54) is 38.2 Å². The van der Waals surface area contributed by atoms with Crippen molar-refractivity contribution < 1.29 is 28.6 Å². The Morgan fingerprint density at radius 2 is 1.92 bits per heavy atom. The Morgan fingerprint density at radius 3 is 2.61 bits per heavy atom. The molecule has 5 N–H and O–H groups in total. The van der Waals surface area contributed by atoms with Crippen molar-refractivity contribution in [1.29, 1.82) is 0 Å². The molecular formula is C27H41ClF2N4O4. The third-order valence-corrected chi connectivity index (χ3v) is 8.36. The van der Waals surface area contributed by atoms with Crippen LogP contribution in [0.2, 0.25) is 5.02 Å². The van der Waals surface area contributed by atoms with Crippen molar-refractivity contribution in [3.8, 4) is 0 Å². The van der Waals surface area contributed by atoms with Crippen LogP contribution in [0.4, 0.5) is 18.4 Å². The fourth-order valence-electron chi connectivity index (χ4n) is 6.05. The summed E-state index contributed by atoms with van der Waals surface area (Å²) in [5.41, 5.74) is -1.91. The van der Waals surface area contributed by atoms with Crippen molar-refractivity contribution in [1.82, 2.24) is 20.9 Å². The molecule has 3 amide bonds. The lowest BCUT2D eigenvalue weighted by Crippen LogP contribution is -2.54. The molecule has 1 saturated carbocycles. The van der Waals surface area contributed by atoms with E-state index in [1.54, 1.807) is 4.90 Å². The summed E-state index contributed by atoms with van der Waals surface area (Å²) in [6, 6.07) is 1.96. The molecule has 2 aliphatic rings. The van der Waals surface area contributed by atoms with Crippen LogP contribution in [0, 0.1) is 23.5 Å². The molecule has 0 radical (unpaired) electrons. The topological polar surface area (TPSA) is 114 Å². The van der Waals surface area contributed by atoms with Crippen molar-refractivity contribution in [2.45, 2.75) is 75.9 Å². The van der Waals surface area contributed by atoms with Gasteiger partial charge in [-0.3, -0.25) is 0 Å². The highest BCUT2D eigenvalue weighted by molar-refractivity contribution is 6.31. The van der Waals surface area contributed by atoms with Gasteiger partial charge >= 0.3 is 12.1 Å². The molecule has 1 aromatic carbocycles. The van der Waals surface area contributed by atoms with Crippen LogP contribution in [0.3, 0.4) is 0 Å². The molecule has 0 bridgehead atoms. The molecule has 214 valence electrons. The lowest BCUT2D eigenvalue weighted by molar-refractivity contribution is -0.0577. The smallest absolute Gasteiger partial charge is 0.404 e. The second kappa shape index (κ2) is 14.3. The van der Waals surface area contributed by atoms with E-state index in [2.05, 4.69) is 16.0 Å². The SMILES string of the molecule is CNC[C@H](CC1CCCCC1)NC(=O)N1CCC[C@@H](C(O)(CCCNC(=O)O)c2ccc(F)c(Cl)c2F)C1. The molecule has 1 heterocycles. The van der Waals surface area contributed by atoms with Crippen molar-refractivity contribution in [3.05, 3.63) is 34.4 Å². The van der Waals surface area contributed by atoms with E-state index in [-0.39, 0.29) is 43.6 Å². The van der Waals surface area contributed by atoms with Gasteiger partial charge in [0, 0.05) is 43.7 Å². The number of amides is 3. The van der Waals surface area contributed by atoms with Gasteiger partial charge in [-0.15, -0.1) is 0 Å². The summed E-state index contributed by atoms with van der Waals surface area (Å²) in [6.45, 7) is 1.39. The van der Waals surface area contributed by atoms with E-state index in [1.807, 2.05) is 7.05 Å². The number of likely N-dealkylation sites (N-methyl/N-ethyl adjacent to an activating group) is 1. The molecule has 3 rings (SSSR count). The van der Waals surface area contributed by atoms with Gasteiger partial charge in [-0.1, -0.05) is 49.8 Å². The van der Waals surface area contributed by atoms with E-state index in [0.29, 0.717) is 31.8 Å². The Hall–Kier alpha value is -2.17. The molecular weight excluding hydrogens is 518 g/mol. The van der Waals surface area contributed by atoms with E-state index >= 15 is 4.39 Å². The van der Waals surface area contributed by atoms with E-state index < -0.39 is 34.3 Å². The third-order valence-electron chi connectivity index (χ3n) is 8.02. The van der Waals surface area contributed by atoms with Gasteiger partial charge in [-0.2, -0.15) is 0 Å². The van der Waals surface area contributed by atoms with E-state index in [9.17, 15) is 19.1 Å². The van der Waals surface area contributed by atoms with Gasteiger partial charge < -0.3 is 31.1 Å².